The quantitative estimate of drug-likeness (QED) is 0.617. The fraction of sp³-hybridized carbons (Fsp3) is 1.00. The SMILES string of the molecule is CC(C)CC(C)(CN)CN. The molecule has 0 saturated heterocycles. The molecule has 0 aromatic rings. The van der Waals surface area contributed by atoms with Crippen LogP contribution in [0.25, 0.3) is 0 Å². The molecular formula is C8H20N2. The molecule has 0 saturated carbocycles. The predicted molar refractivity (Wildman–Crippen MR) is 45.7 cm³/mol. The molecule has 2 nitrogen and oxygen atoms in total. The molecule has 10 heavy (non-hydrogen) atoms. The molecule has 0 rings (SSSR count). The van der Waals surface area contributed by atoms with Gasteiger partial charge in [0.05, 0.1) is 0 Å². The van der Waals surface area contributed by atoms with Crippen LogP contribution in [0.3, 0.4) is 0 Å². The standard InChI is InChI=1S/C8H20N2/c1-7(2)4-8(3,5-9)6-10/h7H,4-6,9-10H2,1-3H3. The Balaban J connectivity index is 3.80. The zero-order valence-electron chi connectivity index (χ0n) is 7.35. The first-order valence-electron chi connectivity index (χ1n) is 3.94. The zero-order valence-corrected chi connectivity index (χ0v) is 7.35. The summed E-state index contributed by atoms with van der Waals surface area (Å²) in [6, 6.07) is 0. The monoisotopic (exact) mass is 144 g/mol. The van der Waals surface area contributed by atoms with Crippen LogP contribution in [0.15, 0.2) is 0 Å². The summed E-state index contributed by atoms with van der Waals surface area (Å²) in [5.41, 5.74) is 11.3. The Kier molecular flexibility index (Phi) is 3.91. The van der Waals surface area contributed by atoms with E-state index in [-0.39, 0.29) is 5.41 Å². The van der Waals surface area contributed by atoms with Gasteiger partial charge in [0.15, 0.2) is 0 Å². The van der Waals surface area contributed by atoms with Crippen molar-refractivity contribution in [3.8, 4) is 0 Å². The van der Waals surface area contributed by atoms with Crippen LogP contribution in [0.2, 0.25) is 0 Å². The molecular weight excluding hydrogens is 124 g/mol. The molecule has 0 bridgehead atoms. The van der Waals surface area contributed by atoms with E-state index in [4.69, 9.17) is 11.5 Å². The van der Waals surface area contributed by atoms with Crippen molar-refractivity contribution in [1.82, 2.24) is 0 Å². The summed E-state index contributed by atoms with van der Waals surface area (Å²) in [6.45, 7) is 7.93. The lowest BCUT2D eigenvalue weighted by Gasteiger charge is -2.27. The molecule has 62 valence electrons. The van der Waals surface area contributed by atoms with E-state index in [2.05, 4.69) is 20.8 Å². The van der Waals surface area contributed by atoms with Gasteiger partial charge in [-0.15, -0.1) is 0 Å². The van der Waals surface area contributed by atoms with Gasteiger partial charge in [-0.05, 0) is 30.8 Å². The van der Waals surface area contributed by atoms with Crippen molar-refractivity contribution in [2.45, 2.75) is 27.2 Å². The van der Waals surface area contributed by atoms with Crippen molar-refractivity contribution in [2.24, 2.45) is 22.8 Å². The highest BCUT2D eigenvalue weighted by Crippen LogP contribution is 2.22. The maximum atomic E-state index is 5.59. The van der Waals surface area contributed by atoms with E-state index in [9.17, 15) is 0 Å². The molecule has 0 atom stereocenters. The Hall–Kier alpha value is -0.0800. The lowest BCUT2D eigenvalue weighted by Crippen LogP contribution is -2.36. The summed E-state index contributed by atoms with van der Waals surface area (Å²) in [5, 5.41) is 0. The molecule has 0 spiro atoms. The summed E-state index contributed by atoms with van der Waals surface area (Å²) in [5.74, 6) is 0.692. The average molecular weight is 144 g/mol. The maximum Gasteiger partial charge on any atom is -0.00110 e. The van der Waals surface area contributed by atoms with Crippen molar-refractivity contribution >= 4 is 0 Å². The topological polar surface area (TPSA) is 52.0 Å². The molecule has 0 aliphatic heterocycles. The number of hydrogen-bond acceptors (Lipinski definition) is 2. The van der Waals surface area contributed by atoms with Crippen molar-refractivity contribution in [2.75, 3.05) is 13.1 Å². The summed E-state index contributed by atoms with van der Waals surface area (Å²) < 4.78 is 0. The molecule has 0 radical (unpaired) electrons. The van der Waals surface area contributed by atoms with E-state index in [0.717, 1.165) is 6.42 Å². The first kappa shape index (κ1) is 9.92. The second-order valence-electron chi connectivity index (χ2n) is 3.82. The first-order chi connectivity index (χ1) is 4.54. The van der Waals surface area contributed by atoms with Crippen LogP contribution < -0.4 is 11.5 Å². The van der Waals surface area contributed by atoms with Crippen LogP contribution in [-0.4, -0.2) is 13.1 Å². The number of nitrogens with two attached hydrogens (primary N) is 2. The summed E-state index contributed by atoms with van der Waals surface area (Å²) in [6.07, 6.45) is 1.12. The van der Waals surface area contributed by atoms with Crippen molar-refractivity contribution in [1.29, 1.82) is 0 Å². The average Bonchev–Trinajstić information content (AvgIpc) is 1.87. The Bertz CT molecular complexity index is 85.3. The molecule has 0 aliphatic rings. The van der Waals surface area contributed by atoms with E-state index in [1.54, 1.807) is 0 Å². The molecule has 2 heteroatoms. The smallest absolute Gasteiger partial charge is 0.00110 e. The van der Waals surface area contributed by atoms with Crippen LogP contribution >= 0.6 is 0 Å². The normalized spacial score (nSPS) is 12.6. The largest absolute Gasteiger partial charge is 0.330 e. The fourth-order valence-corrected chi connectivity index (χ4v) is 1.24. The van der Waals surface area contributed by atoms with E-state index < -0.39 is 0 Å². The number of hydrogen-bond donors (Lipinski definition) is 2. The van der Waals surface area contributed by atoms with Gasteiger partial charge in [0.25, 0.3) is 0 Å². The highest BCUT2D eigenvalue weighted by atomic mass is 14.7. The Morgan fingerprint density at radius 2 is 1.60 bits per heavy atom. The molecule has 0 unspecified atom stereocenters. The predicted octanol–water partition coefficient (Wildman–Crippen LogP) is 0.956. The van der Waals surface area contributed by atoms with Crippen LogP contribution in [0.1, 0.15) is 27.2 Å². The highest BCUT2D eigenvalue weighted by Gasteiger charge is 2.21. The highest BCUT2D eigenvalue weighted by molar-refractivity contribution is 4.76. The minimum absolute atomic E-state index is 0.161. The molecule has 0 aliphatic carbocycles. The van der Waals surface area contributed by atoms with Gasteiger partial charge in [0.2, 0.25) is 0 Å². The summed E-state index contributed by atoms with van der Waals surface area (Å²) in [4.78, 5) is 0. The first-order valence-corrected chi connectivity index (χ1v) is 3.94. The minimum atomic E-state index is 0.161. The van der Waals surface area contributed by atoms with Gasteiger partial charge in [0, 0.05) is 0 Å². The second-order valence-corrected chi connectivity index (χ2v) is 3.82. The molecule has 0 amide bonds. The molecule has 0 aromatic carbocycles. The van der Waals surface area contributed by atoms with Gasteiger partial charge < -0.3 is 11.5 Å². The third kappa shape index (κ3) is 3.18. The zero-order chi connectivity index (χ0) is 8.20. The van der Waals surface area contributed by atoms with Gasteiger partial charge in [-0.2, -0.15) is 0 Å². The molecule has 0 aromatic heterocycles. The molecule has 0 heterocycles. The van der Waals surface area contributed by atoms with Crippen molar-refractivity contribution in [3.05, 3.63) is 0 Å². The number of rotatable bonds is 4. The van der Waals surface area contributed by atoms with E-state index in [0.29, 0.717) is 19.0 Å². The third-order valence-corrected chi connectivity index (χ3v) is 1.89. The van der Waals surface area contributed by atoms with Gasteiger partial charge >= 0.3 is 0 Å². The van der Waals surface area contributed by atoms with Crippen molar-refractivity contribution < 1.29 is 0 Å². The third-order valence-electron chi connectivity index (χ3n) is 1.89. The Labute approximate surface area is 64.0 Å². The van der Waals surface area contributed by atoms with Gasteiger partial charge in [-0.3, -0.25) is 0 Å². The van der Waals surface area contributed by atoms with Crippen LogP contribution in [0, 0.1) is 11.3 Å². The maximum absolute atomic E-state index is 5.59. The minimum Gasteiger partial charge on any atom is -0.330 e. The molecule has 0 fully saturated rings. The van der Waals surface area contributed by atoms with Gasteiger partial charge in [-0.25, -0.2) is 0 Å². The molecule has 4 N–H and O–H groups in total. The van der Waals surface area contributed by atoms with Gasteiger partial charge in [-0.1, -0.05) is 20.8 Å². The van der Waals surface area contributed by atoms with E-state index >= 15 is 0 Å². The van der Waals surface area contributed by atoms with E-state index in [1.165, 1.54) is 0 Å². The van der Waals surface area contributed by atoms with Crippen LogP contribution in [0.5, 0.6) is 0 Å². The Morgan fingerprint density at radius 3 is 1.70 bits per heavy atom. The van der Waals surface area contributed by atoms with Gasteiger partial charge in [0.1, 0.15) is 0 Å². The Morgan fingerprint density at radius 1 is 1.20 bits per heavy atom. The lowest BCUT2D eigenvalue weighted by molar-refractivity contribution is 0.276. The summed E-state index contributed by atoms with van der Waals surface area (Å²) >= 11 is 0. The second kappa shape index (κ2) is 3.94. The fourth-order valence-electron chi connectivity index (χ4n) is 1.24. The van der Waals surface area contributed by atoms with Crippen LogP contribution in [0.4, 0.5) is 0 Å². The van der Waals surface area contributed by atoms with Crippen molar-refractivity contribution in [3.63, 3.8) is 0 Å². The van der Waals surface area contributed by atoms with E-state index in [1.807, 2.05) is 0 Å². The lowest BCUT2D eigenvalue weighted by atomic mass is 9.82. The summed E-state index contributed by atoms with van der Waals surface area (Å²) in [7, 11) is 0. The van der Waals surface area contributed by atoms with Crippen LogP contribution in [-0.2, 0) is 0 Å².